The molecular formula is C21H27Cl2FN4O. The van der Waals surface area contributed by atoms with Crippen molar-refractivity contribution < 1.29 is 9.18 Å². The molecule has 0 saturated carbocycles. The predicted molar refractivity (Wildman–Crippen MR) is 119 cm³/mol. The van der Waals surface area contributed by atoms with Crippen molar-refractivity contribution in [2.24, 2.45) is 0 Å². The Balaban J connectivity index is 0.00000300. The summed E-state index contributed by atoms with van der Waals surface area (Å²) in [6.45, 7) is 5.56. The van der Waals surface area contributed by atoms with Gasteiger partial charge in [-0.15, -0.1) is 12.4 Å². The largest absolute Gasteiger partial charge is 0.357 e. The molecule has 1 aliphatic rings. The van der Waals surface area contributed by atoms with Gasteiger partial charge in [0.25, 0.3) is 5.91 Å². The van der Waals surface area contributed by atoms with E-state index < -0.39 is 11.7 Å². The fourth-order valence-electron chi connectivity index (χ4n) is 3.58. The van der Waals surface area contributed by atoms with Crippen molar-refractivity contribution in [1.82, 2.24) is 9.88 Å². The molecule has 3 rings (SSSR count). The van der Waals surface area contributed by atoms with Crippen LogP contribution in [0.1, 0.15) is 36.5 Å². The molecule has 1 aliphatic heterocycles. The van der Waals surface area contributed by atoms with Crippen molar-refractivity contribution in [2.75, 3.05) is 36.9 Å². The second-order valence-corrected chi connectivity index (χ2v) is 7.55. The highest BCUT2D eigenvalue weighted by Gasteiger charge is 2.23. The number of hydrogen-bond acceptors (Lipinski definition) is 4. The molecule has 0 spiro atoms. The Kier molecular flexibility index (Phi) is 8.68. The third-order valence-electron chi connectivity index (χ3n) is 5.16. The van der Waals surface area contributed by atoms with Crippen LogP contribution in [0.25, 0.3) is 0 Å². The minimum Gasteiger partial charge on any atom is -0.357 e. The fraction of sp³-hybridized carbons (Fsp3) is 0.429. The maximum atomic E-state index is 13.2. The lowest BCUT2D eigenvalue weighted by molar-refractivity contribution is 0.102. The van der Waals surface area contributed by atoms with Gasteiger partial charge in [-0.3, -0.25) is 4.79 Å². The number of carbonyl (C=O) groups is 1. The van der Waals surface area contributed by atoms with Crippen molar-refractivity contribution in [2.45, 2.75) is 32.2 Å². The molecule has 0 unspecified atom stereocenters. The Bertz CT molecular complexity index is 828. The number of likely N-dealkylation sites (tertiary alicyclic amines) is 1. The van der Waals surface area contributed by atoms with E-state index in [1.807, 2.05) is 19.2 Å². The zero-order valence-electron chi connectivity index (χ0n) is 16.7. The molecule has 0 bridgehead atoms. The summed E-state index contributed by atoms with van der Waals surface area (Å²) >= 11 is 5.97. The van der Waals surface area contributed by atoms with Gasteiger partial charge in [0.05, 0.1) is 10.6 Å². The van der Waals surface area contributed by atoms with E-state index in [2.05, 4.69) is 27.0 Å². The number of aromatic nitrogens is 1. The number of anilines is 2. The highest BCUT2D eigenvalue weighted by Crippen LogP contribution is 2.23. The molecule has 1 aromatic carbocycles. The summed E-state index contributed by atoms with van der Waals surface area (Å²) < 4.78 is 13.2. The molecule has 1 amide bonds. The molecule has 8 heteroatoms. The minimum absolute atomic E-state index is 0. The van der Waals surface area contributed by atoms with Crippen LogP contribution in [0.3, 0.4) is 0 Å². The number of rotatable bonds is 6. The third kappa shape index (κ3) is 6.04. The first-order valence-electron chi connectivity index (χ1n) is 9.66. The van der Waals surface area contributed by atoms with Gasteiger partial charge < -0.3 is 15.1 Å². The number of carbonyl (C=O) groups excluding carboxylic acids is 1. The van der Waals surface area contributed by atoms with E-state index in [0.29, 0.717) is 11.9 Å². The first kappa shape index (κ1) is 23.4. The summed E-state index contributed by atoms with van der Waals surface area (Å²) in [5, 5.41) is 2.82. The van der Waals surface area contributed by atoms with Crippen LogP contribution in [0.15, 0.2) is 36.4 Å². The summed E-state index contributed by atoms with van der Waals surface area (Å²) in [6.07, 6.45) is 3.38. The van der Waals surface area contributed by atoms with E-state index >= 15 is 0 Å². The van der Waals surface area contributed by atoms with E-state index in [0.717, 1.165) is 44.4 Å². The third-order valence-corrected chi connectivity index (χ3v) is 5.47. The Labute approximate surface area is 182 Å². The van der Waals surface area contributed by atoms with Crippen molar-refractivity contribution >= 4 is 41.6 Å². The highest BCUT2D eigenvalue weighted by atomic mass is 35.5. The topological polar surface area (TPSA) is 48.5 Å². The molecule has 1 N–H and O–H groups in total. The minimum atomic E-state index is -0.478. The van der Waals surface area contributed by atoms with Gasteiger partial charge in [0.15, 0.2) is 0 Å². The second kappa shape index (κ2) is 10.8. The van der Waals surface area contributed by atoms with E-state index in [1.165, 1.54) is 18.6 Å². The molecule has 29 heavy (non-hydrogen) atoms. The molecule has 1 saturated heterocycles. The molecular weight excluding hydrogens is 414 g/mol. The Morgan fingerprint density at radius 2 is 2.03 bits per heavy atom. The van der Waals surface area contributed by atoms with Gasteiger partial charge in [-0.1, -0.05) is 24.6 Å². The summed E-state index contributed by atoms with van der Waals surface area (Å²) in [5.41, 5.74) is 0.215. The van der Waals surface area contributed by atoms with Crippen molar-refractivity contribution in [3.8, 4) is 0 Å². The first-order chi connectivity index (χ1) is 13.5. The van der Waals surface area contributed by atoms with Crippen LogP contribution in [0, 0.1) is 5.82 Å². The van der Waals surface area contributed by atoms with Crippen LogP contribution in [0.4, 0.5) is 16.0 Å². The molecule has 1 aromatic heterocycles. The van der Waals surface area contributed by atoms with Gasteiger partial charge in [-0.25, -0.2) is 9.37 Å². The Morgan fingerprint density at radius 1 is 1.31 bits per heavy atom. The number of nitrogens with one attached hydrogen (secondary N) is 1. The Hall–Kier alpha value is -1.89. The van der Waals surface area contributed by atoms with Gasteiger partial charge in [-0.05, 0) is 56.1 Å². The van der Waals surface area contributed by atoms with E-state index in [9.17, 15) is 9.18 Å². The molecule has 0 radical (unpaired) electrons. The van der Waals surface area contributed by atoms with Crippen LogP contribution >= 0.6 is 24.0 Å². The van der Waals surface area contributed by atoms with Crippen LogP contribution in [0.5, 0.6) is 0 Å². The van der Waals surface area contributed by atoms with Crippen LogP contribution in [-0.4, -0.2) is 48.5 Å². The number of hydrogen-bond donors (Lipinski definition) is 1. The van der Waals surface area contributed by atoms with Gasteiger partial charge in [0.2, 0.25) is 0 Å². The number of nitrogens with zero attached hydrogens (tertiary/aromatic N) is 3. The van der Waals surface area contributed by atoms with Gasteiger partial charge in [0, 0.05) is 26.2 Å². The number of pyridine rings is 1. The maximum absolute atomic E-state index is 13.2. The molecule has 0 aliphatic carbocycles. The number of halogens is 3. The monoisotopic (exact) mass is 440 g/mol. The lowest BCUT2D eigenvalue weighted by atomic mass is 10.0. The van der Waals surface area contributed by atoms with E-state index in [1.54, 1.807) is 6.07 Å². The van der Waals surface area contributed by atoms with Crippen LogP contribution < -0.4 is 10.2 Å². The molecule has 0 atom stereocenters. The van der Waals surface area contributed by atoms with Gasteiger partial charge in [0.1, 0.15) is 17.5 Å². The molecule has 2 heterocycles. The summed E-state index contributed by atoms with van der Waals surface area (Å²) in [6, 6.07) is 9.68. The number of piperidine rings is 1. The summed E-state index contributed by atoms with van der Waals surface area (Å²) in [5.74, 6) is 0.369. The van der Waals surface area contributed by atoms with Crippen molar-refractivity contribution in [3.63, 3.8) is 0 Å². The van der Waals surface area contributed by atoms with Crippen LogP contribution in [-0.2, 0) is 0 Å². The zero-order valence-corrected chi connectivity index (χ0v) is 18.3. The predicted octanol–water partition coefficient (Wildman–Crippen LogP) is 4.86. The maximum Gasteiger partial charge on any atom is 0.258 e. The SMILES string of the molecule is CCCN1CCC(N(C)c2cccc(NC(=O)c3ccc(F)cc3Cl)n2)CC1.Cl. The lowest BCUT2D eigenvalue weighted by Crippen LogP contribution is -2.43. The molecule has 2 aromatic rings. The highest BCUT2D eigenvalue weighted by molar-refractivity contribution is 6.34. The average molecular weight is 441 g/mol. The second-order valence-electron chi connectivity index (χ2n) is 7.14. The van der Waals surface area contributed by atoms with Gasteiger partial charge >= 0.3 is 0 Å². The smallest absolute Gasteiger partial charge is 0.258 e. The molecule has 1 fully saturated rings. The number of benzene rings is 1. The quantitative estimate of drug-likeness (QED) is 0.696. The molecule has 158 valence electrons. The summed E-state index contributed by atoms with van der Waals surface area (Å²) in [4.78, 5) is 21.7. The summed E-state index contributed by atoms with van der Waals surface area (Å²) in [7, 11) is 2.05. The fourth-order valence-corrected chi connectivity index (χ4v) is 3.83. The van der Waals surface area contributed by atoms with Crippen LogP contribution in [0.2, 0.25) is 5.02 Å². The Morgan fingerprint density at radius 3 is 2.69 bits per heavy atom. The van der Waals surface area contributed by atoms with E-state index in [4.69, 9.17) is 11.6 Å². The van der Waals surface area contributed by atoms with Crippen molar-refractivity contribution in [3.05, 3.63) is 52.8 Å². The first-order valence-corrected chi connectivity index (χ1v) is 10.0. The average Bonchev–Trinajstić information content (AvgIpc) is 2.68. The molecule has 5 nitrogen and oxygen atoms in total. The van der Waals surface area contributed by atoms with E-state index in [-0.39, 0.29) is 23.0 Å². The zero-order chi connectivity index (χ0) is 20.1. The normalized spacial score (nSPS) is 14.9. The number of amides is 1. The van der Waals surface area contributed by atoms with Crippen molar-refractivity contribution in [1.29, 1.82) is 0 Å². The lowest BCUT2D eigenvalue weighted by Gasteiger charge is -2.37. The van der Waals surface area contributed by atoms with Gasteiger partial charge in [-0.2, -0.15) is 0 Å². The standard InChI is InChI=1S/C21H26ClFN4O.ClH/c1-3-11-27-12-9-16(10-13-27)26(2)20-6-4-5-19(24-20)25-21(28)17-8-7-15(23)14-18(17)22;/h4-8,14,16H,3,9-13H2,1-2H3,(H,24,25,28);1H.